The zero-order chi connectivity index (χ0) is 18.4. The second kappa shape index (κ2) is 8.00. The lowest BCUT2D eigenvalue weighted by Crippen LogP contribution is -2.35. The summed E-state index contributed by atoms with van der Waals surface area (Å²) in [7, 11) is -3.83. The number of benzene rings is 2. The molecule has 0 saturated heterocycles. The van der Waals surface area contributed by atoms with E-state index in [1.54, 1.807) is 31.2 Å². The van der Waals surface area contributed by atoms with Crippen LogP contribution >= 0.6 is 11.6 Å². The van der Waals surface area contributed by atoms with E-state index < -0.39 is 22.0 Å². The van der Waals surface area contributed by atoms with Crippen molar-refractivity contribution in [3.63, 3.8) is 0 Å². The van der Waals surface area contributed by atoms with E-state index in [2.05, 4.69) is 10.0 Å². The number of halogens is 1. The van der Waals surface area contributed by atoms with Crippen LogP contribution in [0.5, 0.6) is 0 Å². The number of carbonyl (C=O) groups excluding carboxylic acids is 2. The number of amides is 3. The number of urea groups is 1. The highest BCUT2D eigenvalue weighted by Crippen LogP contribution is 2.21. The minimum atomic E-state index is -3.83. The van der Waals surface area contributed by atoms with Crippen LogP contribution in [-0.2, 0) is 14.8 Å². The van der Waals surface area contributed by atoms with Crippen LogP contribution in [0.3, 0.4) is 0 Å². The highest BCUT2D eigenvalue weighted by atomic mass is 35.5. The highest BCUT2D eigenvalue weighted by Gasteiger charge is 2.16. The third-order valence-corrected chi connectivity index (χ3v) is 4.77. The van der Waals surface area contributed by atoms with Crippen molar-refractivity contribution in [2.75, 3.05) is 15.9 Å². The predicted octanol–water partition coefficient (Wildman–Crippen LogP) is 2.68. The monoisotopic (exact) mass is 381 g/mol. The summed E-state index contributed by atoms with van der Waals surface area (Å²) in [4.78, 5) is 22.6. The Morgan fingerprint density at radius 1 is 1.08 bits per heavy atom. The topological polar surface area (TPSA) is 104 Å². The van der Waals surface area contributed by atoms with Crippen LogP contribution < -0.4 is 15.4 Å². The molecule has 0 radical (unpaired) electrons. The molecular formula is C16H16ClN3O4S. The van der Waals surface area contributed by atoms with Crippen LogP contribution in [0.25, 0.3) is 0 Å². The maximum Gasteiger partial charge on any atom is 0.325 e. The SMILES string of the molecule is Cc1ccccc1NS(=O)(=O)c1cccc(NC(=O)NC(=O)CCl)c1. The Kier molecular flexibility index (Phi) is 6.00. The average Bonchev–Trinajstić information content (AvgIpc) is 2.57. The van der Waals surface area contributed by atoms with E-state index in [9.17, 15) is 18.0 Å². The highest BCUT2D eigenvalue weighted by molar-refractivity contribution is 7.92. The summed E-state index contributed by atoms with van der Waals surface area (Å²) in [6, 6.07) is 11.8. The number of aryl methyl sites for hydroxylation is 1. The lowest BCUT2D eigenvalue weighted by atomic mass is 10.2. The van der Waals surface area contributed by atoms with Crippen LogP contribution in [-0.4, -0.2) is 26.2 Å². The number of para-hydroxylation sites is 1. The molecular weight excluding hydrogens is 366 g/mol. The average molecular weight is 382 g/mol. The van der Waals surface area contributed by atoms with Gasteiger partial charge in [-0.05, 0) is 36.8 Å². The van der Waals surface area contributed by atoms with Crippen LogP contribution in [0.1, 0.15) is 5.56 Å². The molecule has 0 aliphatic carbocycles. The van der Waals surface area contributed by atoms with Gasteiger partial charge in [0.15, 0.2) is 0 Å². The van der Waals surface area contributed by atoms with Crippen molar-refractivity contribution >= 4 is 44.9 Å². The van der Waals surface area contributed by atoms with Gasteiger partial charge in [-0.25, -0.2) is 13.2 Å². The predicted molar refractivity (Wildman–Crippen MR) is 96.3 cm³/mol. The van der Waals surface area contributed by atoms with E-state index >= 15 is 0 Å². The van der Waals surface area contributed by atoms with Gasteiger partial charge < -0.3 is 5.32 Å². The second-order valence-electron chi connectivity index (χ2n) is 5.08. The van der Waals surface area contributed by atoms with Crippen LogP contribution in [0.2, 0.25) is 0 Å². The van der Waals surface area contributed by atoms with Gasteiger partial charge in [0.1, 0.15) is 5.88 Å². The molecule has 0 bridgehead atoms. The fourth-order valence-electron chi connectivity index (χ4n) is 1.95. The number of anilines is 2. The van der Waals surface area contributed by atoms with Crippen LogP contribution in [0.4, 0.5) is 16.2 Å². The van der Waals surface area contributed by atoms with Gasteiger partial charge in [0.25, 0.3) is 10.0 Å². The number of carbonyl (C=O) groups is 2. The van der Waals surface area contributed by atoms with Gasteiger partial charge in [0, 0.05) is 5.69 Å². The summed E-state index contributed by atoms with van der Waals surface area (Å²) < 4.78 is 27.5. The smallest absolute Gasteiger partial charge is 0.308 e. The molecule has 0 saturated carbocycles. The molecule has 3 amide bonds. The zero-order valence-corrected chi connectivity index (χ0v) is 14.8. The van der Waals surface area contributed by atoms with Crippen molar-refractivity contribution < 1.29 is 18.0 Å². The largest absolute Gasteiger partial charge is 0.325 e. The molecule has 7 nitrogen and oxygen atoms in total. The number of nitrogens with one attached hydrogen (secondary N) is 3. The van der Waals surface area contributed by atoms with Crippen molar-refractivity contribution in [1.29, 1.82) is 0 Å². The van der Waals surface area contributed by atoms with Crippen molar-refractivity contribution in [1.82, 2.24) is 5.32 Å². The van der Waals surface area contributed by atoms with Crippen molar-refractivity contribution in [2.24, 2.45) is 0 Å². The number of imide groups is 1. The Morgan fingerprint density at radius 2 is 1.80 bits per heavy atom. The van der Waals surface area contributed by atoms with Gasteiger partial charge in [-0.3, -0.25) is 14.8 Å². The second-order valence-corrected chi connectivity index (χ2v) is 7.03. The summed E-state index contributed by atoms with van der Waals surface area (Å²) in [5.41, 5.74) is 1.46. The van der Waals surface area contributed by atoms with Crippen molar-refractivity contribution in [3.8, 4) is 0 Å². The Balaban J connectivity index is 2.18. The van der Waals surface area contributed by atoms with Gasteiger partial charge >= 0.3 is 6.03 Å². The van der Waals surface area contributed by atoms with Crippen LogP contribution in [0, 0.1) is 6.92 Å². The molecule has 25 heavy (non-hydrogen) atoms. The minimum absolute atomic E-state index is 0.0303. The Bertz CT molecular complexity index is 900. The first-order chi connectivity index (χ1) is 11.8. The molecule has 0 fully saturated rings. The fourth-order valence-corrected chi connectivity index (χ4v) is 3.20. The third kappa shape index (κ3) is 5.20. The van der Waals surface area contributed by atoms with Crippen molar-refractivity contribution in [3.05, 3.63) is 54.1 Å². The van der Waals surface area contributed by atoms with E-state index in [1.165, 1.54) is 24.3 Å². The molecule has 2 aromatic carbocycles. The molecule has 0 aliphatic rings. The van der Waals surface area contributed by atoms with E-state index in [0.717, 1.165) is 5.56 Å². The third-order valence-electron chi connectivity index (χ3n) is 3.17. The van der Waals surface area contributed by atoms with Gasteiger partial charge in [0.05, 0.1) is 10.6 Å². The van der Waals surface area contributed by atoms with Gasteiger partial charge in [0.2, 0.25) is 5.91 Å². The first-order valence-electron chi connectivity index (χ1n) is 7.17. The van der Waals surface area contributed by atoms with E-state index in [1.807, 2.05) is 5.32 Å². The quantitative estimate of drug-likeness (QED) is 0.692. The number of sulfonamides is 1. The molecule has 0 heterocycles. The number of hydrogen-bond acceptors (Lipinski definition) is 4. The van der Waals surface area contributed by atoms with Gasteiger partial charge in [-0.2, -0.15) is 0 Å². The van der Waals surface area contributed by atoms with E-state index in [0.29, 0.717) is 5.69 Å². The Hall–Kier alpha value is -2.58. The molecule has 2 rings (SSSR count). The molecule has 0 aromatic heterocycles. The Morgan fingerprint density at radius 3 is 2.48 bits per heavy atom. The Labute approximate surface area is 150 Å². The summed E-state index contributed by atoms with van der Waals surface area (Å²) in [5.74, 6) is -1.02. The molecule has 9 heteroatoms. The first kappa shape index (κ1) is 18.8. The van der Waals surface area contributed by atoms with Crippen molar-refractivity contribution in [2.45, 2.75) is 11.8 Å². The normalized spacial score (nSPS) is 10.8. The standard InChI is InChI=1S/C16H16ClN3O4S/c1-11-5-2-3-8-14(11)20-25(23,24)13-7-4-6-12(9-13)18-16(22)19-15(21)10-17/h2-9,20H,10H2,1H3,(H2,18,19,21,22). The number of rotatable bonds is 5. The van der Waals surface area contributed by atoms with E-state index in [-0.39, 0.29) is 16.5 Å². The van der Waals surface area contributed by atoms with Gasteiger partial charge in [-0.15, -0.1) is 11.6 Å². The molecule has 0 aliphatic heterocycles. The summed E-state index contributed by atoms with van der Waals surface area (Å²) in [5, 5.41) is 4.37. The maximum absolute atomic E-state index is 12.5. The zero-order valence-electron chi connectivity index (χ0n) is 13.2. The summed E-state index contributed by atoms with van der Waals surface area (Å²) in [6.07, 6.45) is 0. The lowest BCUT2D eigenvalue weighted by Gasteiger charge is -2.12. The summed E-state index contributed by atoms with van der Waals surface area (Å²) >= 11 is 5.29. The minimum Gasteiger partial charge on any atom is -0.308 e. The molecule has 0 unspecified atom stereocenters. The number of alkyl halides is 1. The molecule has 3 N–H and O–H groups in total. The van der Waals surface area contributed by atoms with Crippen LogP contribution in [0.15, 0.2) is 53.4 Å². The van der Waals surface area contributed by atoms with Gasteiger partial charge in [-0.1, -0.05) is 24.3 Å². The summed E-state index contributed by atoms with van der Waals surface area (Å²) in [6.45, 7) is 1.79. The van der Waals surface area contributed by atoms with E-state index in [4.69, 9.17) is 11.6 Å². The first-order valence-corrected chi connectivity index (χ1v) is 9.19. The molecule has 2 aromatic rings. The molecule has 0 atom stereocenters. The fraction of sp³-hybridized carbons (Fsp3) is 0.125. The maximum atomic E-state index is 12.5. The molecule has 132 valence electrons. The lowest BCUT2D eigenvalue weighted by molar-refractivity contribution is -0.117. The number of hydrogen-bond donors (Lipinski definition) is 3. The molecule has 0 spiro atoms.